The minimum atomic E-state index is -0.338. The molecule has 0 saturated carbocycles. The number of nitrogens with zero attached hydrogens (tertiary/aromatic N) is 2. The van der Waals surface area contributed by atoms with Gasteiger partial charge in [0.2, 0.25) is 0 Å². The number of aryl methyl sites for hydroxylation is 2. The highest BCUT2D eigenvalue weighted by Gasteiger charge is 2.26. The van der Waals surface area contributed by atoms with Crippen LogP contribution in [0.15, 0.2) is 42.5 Å². The number of hydrogen-bond acceptors (Lipinski definition) is 4. The molecule has 1 N–H and O–H groups in total. The Labute approximate surface area is 204 Å². The summed E-state index contributed by atoms with van der Waals surface area (Å²) in [7, 11) is 0. The average Bonchev–Trinajstić information content (AvgIpc) is 3.28. The van der Waals surface area contributed by atoms with Gasteiger partial charge in [0.1, 0.15) is 5.82 Å². The predicted octanol–water partition coefficient (Wildman–Crippen LogP) is 5.91. The number of benzene rings is 2. The number of amides is 1. The molecule has 0 radical (unpaired) electrons. The lowest BCUT2D eigenvalue weighted by atomic mass is 10.0. The van der Waals surface area contributed by atoms with Crippen molar-refractivity contribution in [3.05, 3.63) is 81.4 Å². The van der Waals surface area contributed by atoms with Crippen molar-refractivity contribution in [3.63, 3.8) is 0 Å². The summed E-state index contributed by atoms with van der Waals surface area (Å²) in [5.41, 5.74) is 5.51. The van der Waals surface area contributed by atoms with Gasteiger partial charge in [-0.15, -0.1) is 0 Å². The molecule has 2 aromatic carbocycles. The van der Waals surface area contributed by atoms with Crippen LogP contribution in [0.4, 0.5) is 5.69 Å². The number of carbonyl (C=O) groups is 2. The first kappa shape index (κ1) is 23.8. The Kier molecular flexibility index (Phi) is 7.17. The standard InChI is InChI=1S/C27H28ClN3O3/c1-4-6-7-24-30-25(28)23(15-21-20-13-8-17(3)14-22(20)29-26(21)32)31(24)16-18-9-11-19(12-10-18)27(33)34-5-2/h8-15H,4-7,16H2,1-3H3,(H,29,32)/b21-15-. The zero-order valence-corrected chi connectivity index (χ0v) is 20.4. The summed E-state index contributed by atoms with van der Waals surface area (Å²) in [4.78, 5) is 29.4. The zero-order valence-electron chi connectivity index (χ0n) is 19.7. The highest BCUT2D eigenvalue weighted by molar-refractivity contribution is 6.36. The summed E-state index contributed by atoms with van der Waals surface area (Å²) in [6, 6.07) is 13.2. The van der Waals surface area contributed by atoms with Crippen LogP contribution in [0, 0.1) is 6.92 Å². The second kappa shape index (κ2) is 10.3. The van der Waals surface area contributed by atoms with Crippen LogP contribution >= 0.6 is 11.6 Å². The molecule has 1 aliphatic rings. The van der Waals surface area contributed by atoms with Crippen LogP contribution in [0.2, 0.25) is 5.15 Å². The predicted molar refractivity (Wildman–Crippen MR) is 135 cm³/mol. The molecule has 7 heteroatoms. The van der Waals surface area contributed by atoms with Crippen molar-refractivity contribution in [2.45, 2.75) is 46.6 Å². The summed E-state index contributed by atoms with van der Waals surface area (Å²) in [6.45, 7) is 6.76. The third kappa shape index (κ3) is 4.92. The number of esters is 1. The fraction of sp³-hybridized carbons (Fsp3) is 0.296. The van der Waals surface area contributed by atoms with Crippen LogP contribution in [-0.4, -0.2) is 28.0 Å². The minimum absolute atomic E-state index is 0.154. The van der Waals surface area contributed by atoms with E-state index in [1.54, 1.807) is 19.1 Å². The van der Waals surface area contributed by atoms with E-state index in [-0.39, 0.29) is 11.9 Å². The molecule has 0 atom stereocenters. The van der Waals surface area contributed by atoms with E-state index in [0.717, 1.165) is 47.5 Å². The Morgan fingerprint density at radius 1 is 1.18 bits per heavy atom. The van der Waals surface area contributed by atoms with Gasteiger partial charge < -0.3 is 14.6 Å². The van der Waals surface area contributed by atoms with E-state index in [1.165, 1.54) is 0 Å². The average molecular weight is 478 g/mol. The van der Waals surface area contributed by atoms with Crippen LogP contribution in [0.1, 0.15) is 65.3 Å². The second-order valence-corrected chi connectivity index (χ2v) is 8.73. The minimum Gasteiger partial charge on any atom is -0.462 e. The maximum absolute atomic E-state index is 12.8. The van der Waals surface area contributed by atoms with Gasteiger partial charge in [0.15, 0.2) is 5.15 Å². The van der Waals surface area contributed by atoms with E-state index in [4.69, 9.17) is 16.3 Å². The van der Waals surface area contributed by atoms with E-state index in [1.807, 2.05) is 43.3 Å². The molecule has 0 aliphatic carbocycles. The highest BCUT2D eigenvalue weighted by Crippen LogP contribution is 2.35. The molecule has 0 unspecified atom stereocenters. The number of imidazole rings is 1. The number of anilines is 1. The normalized spacial score (nSPS) is 13.8. The molecule has 2 heterocycles. The molecule has 3 aromatic rings. The molecule has 0 bridgehead atoms. The Morgan fingerprint density at radius 3 is 2.65 bits per heavy atom. The molecule has 0 spiro atoms. The van der Waals surface area contributed by atoms with E-state index in [9.17, 15) is 9.59 Å². The smallest absolute Gasteiger partial charge is 0.338 e. The molecular weight excluding hydrogens is 450 g/mol. The molecular formula is C27H28ClN3O3. The summed E-state index contributed by atoms with van der Waals surface area (Å²) in [5, 5.41) is 3.31. The van der Waals surface area contributed by atoms with Gasteiger partial charge in [0.25, 0.3) is 5.91 Å². The molecule has 176 valence electrons. The Bertz CT molecular complexity index is 1260. The summed E-state index contributed by atoms with van der Waals surface area (Å²) in [5.74, 6) is 0.379. The van der Waals surface area contributed by atoms with E-state index >= 15 is 0 Å². The molecule has 1 amide bonds. The fourth-order valence-electron chi connectivity index (χ4n) is 4.05. The van der Waals surface area contributed by atoms with E-state index in [2.05, 4.69) is 21.8 Å². The largest absolute Gasteiger partial charge is 0.462 e. The van der Waals surface area contributed by atoms with Gasteiger partial charge >= 0.3 is 5.97 Å². The van der Waals surface area contributed by atoms with Crippen molar-refractivity contribution < 1.29 is 14.3 Å². The monoisotopic (exact) mass is 477 g/mol. The van der Waals surface area contributed by atoms with Crippen molar-refractivity contribution in [1.82, 2.24) is 9.55 Å². The third-order valence-electron chi connectivity index (χ3n) is 5.84. The Morgan fingerprint density at radius 2 is 1.94 bits per heavy atom. The first-order valence-corrected chi connectivity index (χ1v) is 11.9. The summed E-state index contributed by atoms with van der Waals surface area (Å²) in [6.07, 6.45) is 4.62. The quantitative estimate of drug-likeness (QED) is 0.323. The number of carbonyl (C=O) groups excluding carboxylic acids is 2. The molecule has 0 saturated heterocycles. The second-order valence-electron chi connectivity index (χ2n) is 8.37. The first-order valence-electron chi connectivity index (χ1n) is 11.6. The molecule has 4 rings (SSSR count). The maximum atomic E-state index is 12.8. The fourth-order valence-corrected chi connectivity index (χ4v) is 4.31. The van der Waals surface area contributed by atoms with Gasteiger partial charge in [0.05, 0.1) is 23.4 Å². The van der Waals surface area contributed by atoms with Crippen molar-refractivity contribution in [2.75, 3.05) is 11.9 Å². The van der Waals surface area contributed by atoms with Crippen molar-refractivity contribution in [1.29, 1.82) is 0 Å². The number of aromatic nitrogens is 2. The topological polar surface area (TPSA) is 73.2 Å². The first-order chi connectivity index (χ1) is 16.4. The van der Waals surface area contributed by atoms with Crippen LogP contribution in [0.25, 0.3) is 11.6 Å². The van der Waals surface area contributed by atoms with Crippen molar-refractivity contribution in [3.8, 4) is 0 Å². The van der Waals surface area contributed by atoms with Crippen LogP contribution in [0.3, 0.4) is 0 Å². The van der Waals surface area contributed by atoms with Crippen LogP contribution in [-0.2, 0) is 22.5 Å². The number of ether oxygens (including phenoxy) is 1. The SMILES string of the molecule is CCCCc1nc(Cl)c(/C=C2\C(=O)Nc3cc(C)ccc32)n1Cc1ccc(C(=O)OCC)cc1. The lowest BCUT2D eigenvalue weighted by Crippen LogP contribution is -2.09. The third-order valence-corrected chi connectivity index (χ3v) is 6.12. The van der Waals surface area contributed by atoms with Crippen LogP contribution in [0.5, 0.6) is 0 Å². The summed E-state index contributed by atoms with van der Waals surface area (Å²) >= 11 is 6.61. The van der Waals surface area contributed by atoms with Crippen molar-refractivity contribution in [2.24, 2.45) is 0 Å². The Hall–Kier alpha value is -3.38. The molecule has 0 fully saturated rings. The number of rotatable bonds is 8. The van der Waals surface area contributed by atoms with Gasteiger partial charge in [-0.25, -0.2) is 9.78 Å². The van der Waals surface area contributed by atoms with Gasteiger partial charge in [0, 0.05) is 24.2 Å². The number of nitrogens with one attached hydrogen (secondary N) is 1. The van der Waals surface area contributed by atoms with Crippen molar-refractivity contribution >= 4 is 40.8 Å². The number of fused-ring (bicyclic) bond motifs is 1. The molecule has 1 aliphatic heterocycles. The lowest BCUT2D eigenvalue weighted by Gasteiger charge is -2.12. The van der Waals surface area contributed by atoms with Gasteiger partial charge in [-0.3, -0.25) is 4.79 Å². The van der Waals surface area contributed by atoms with Gasteiger partial charge in [-0.1, -0.05) is 49.2 Å². The molecule has 1 aromatic heterocycles. The van der Waals surface area contributed by atoms with Gasteiger partial charge in [-0.2, -0.15) is 0 Å². The molecule has 6 nitrogen and oxygen atoms in total. The van der Waals surface area contributed by atoms with Gasteiger partial charge in [-0.05, 0) is 55.7 Å². The van der Waals surface area contributed by atoms with E-state index < -0.39 is 0 Å². The zero-order chi connectivity index (χ0) is 24.2. The van der Waals surface area contributed by atoms with E-state index in [0.29, 0.717) is 35.1 Å². The molecule has 34 heavy (non-hydrogen) atoms. The summed E-state index contributed by atoms with van der Waals surface area (Å²) < 4.78 is 7.13. The number of halogens is 1. The highest BCUT2D eigenvalue weighted by atomic mass is 35.5. The Balaban J connectivity index is 1.72. The van der Waals surface area contributed by atoms with Crippen LogP contribution < -0.4 is 5.32 Å². The number of unbranched alkanes of at least 4 members (excludes halogenated alkanes) is 1. The maximum Gasteiger partial charge on any atom is 0.338 e. The lowest BCUT2D eigenvalue weighted by molar-refractivity contribution is -0.110. The number of hydrogen-bond donors (Lipinski definition) is 1.